The molecular weight excluding hydrogens is 194 g/mol. The molecule has 1 nitrogen and oxygen atoms in total. The Morgan fingerprint density at radius 3 is 2.57 bits per heavy atom. The molecule has 0 aromatic heterocycles. The van der Waals surface area contributed by atoms with E-state index in [1.54, 1.807) is 0 Å². The zero-order valence-corrected chi connectivity index (χ0v) is 8.70. The number of hydrogen-bond donors (Lipinski definition) is 0. The van der Waals surface area contributed by atoms with Crippen LogP contribution in [0.15, 0.2) is 24.3 Å². The van der Waals surface area contributed by atoms with E-state index >= 15 is 0 Å². The summed E-state index contributed by atoms with van der Waals surface area (Å²) in [7, 11) is 5.55. The minimum atomic E-state index is 0.209. The first-order chi connectivity index (χ1) is 6.79. The van der Waals surface area contributed by atoms with Crippen LogP contribution in [0.5, 0.6) is 0 Å². The molecule has 3 heteroatoms. The SMILES string of the molecule is [B]CC1CCC(c2ccc(Cl)cc2)O1. The molecule has 1 aliphatic rings. The third-order valence-corrected chi connectivity index (χ3v) is 2.86. The zero-order valence-electron chi connectivity index (χ0n) is 7.95. The Morgan fingerprint density at radius 2 is 2.00 bits per heavy atom. The normalized spacial score (nSPS) is 26.6. The first-order valence-corrected chi connectivity index (χ1v) is 5.28. The van der Waals surface area contributed by atoms with Crippen LogP contribution in [-0.2, 0) is 4.74 Å². The highest BCUT2D eigenvalue weighted by atomic mass is 35.5. The highest BCUT2D eigenvalue weighted by Crippen LogP contribution is 2.33. The lowest BCUT2D eigenvalue weighted by molar-refractivity contribution is 0.0559. The van der Waals surface area contributed by atoms with Crippen molar-refractivity contribution in [2.45, 2.75) is 31.4 Å². The average molecular weight is 206 g/mol. The molecule has 0 amide bonds. The second kappa shape index (κ2) is 4.37. The van der Waals surface area contributed by atoms with Gasteiger partial charge in [0, 0.05) is 5.02 Å². The largest absolute Gasteiger partial charge is 0.371 e. The number of rotatable bonds is 2. The summed E-state index contributed by atoms with van der Waals surface area (Å²) in [6, 6.07) is 7.84. The van der Waals surface area contributed by atoms with E-state index in [1.165, 1.54) is 5.56 Å². The second-order valence-electron chi connectivity index (χ2n) is 3.61. The van der Waals surface area contributed by atoms with Gasteiger partial charge in [0.2, 0.25) is 0 Å². The summed E-state index contributed by atoms with van der Waals surface area (Å²) in [6.07, 6.45) is 3.17. The van der Waals surface area contributed by atoms with E-state index in [2.05, 4.69) is 0 Å². The highest BCUT2D eigenvalue weighted by Gasteiger charge is 2.24. The molecule has 0 N–H and O–H groups in total. The van der Waals surface area contributed by atoms with Crippen LogP contribution in [0, 0.1) is 0 Å². The van der Waals surface area contributed by atoms with Gasteiger partial charge in [0.05, 0.1) is 20.1 Å². The number of halogens is 1. The highest BCUT2D eigenvalue weighted by molar-refractivity contribution is 6.30. The van der Waals surface area contributed by atoms with Gasteiger partial charge in [0.25, 0.3) is 0 Å². The molecule has 0 saturated carbocycles. The summed E-state index contributed by atoms with van der Waals surface area (Å²) >= 11 is 5.81. The Bertz CT molecular complexity index is 299. The van der Waals surface area contributed by atoms with E-state index in [0.29, 0.717) is 6.32 Å². The van der Waals surface area contributed by atoms with E-state index in [4.69, 9.17) is 24.2 Å². The van der Waals surface area contributed by atoms with Gasteiger partial charge in [-0.15, -0.1) is 0 Å². The van der Waals surface area contributed by atoms with Crippen LogP contribution in [0.25, 0.3) is 0 Å². The smallest absolute Gasteiger partial charge is 0.0829 e. The van der Waals surface area contributed by atoms with Crippen LogP contribution >= 0.6 is 11.6 Å². The molecule has 1 fully saturated rings. The number of benzene rings is 1. The molecule has 0 spiro atoms. The molecule has 1 heterocycles. The van der Waals surface area contributed by atoms with Crippen molar-refractivity contribution in [1.29, 1.82) is 0 Å². The Hall–Kier alpha value is -0.465. The second-order valence-corrected chi connectivity index (χ2v) is 4.05. The summed E-state index contributed by atoms with van der Waals surface area (Å²) in [5.41, 5.74) is 1.20. The van der Waals surface area contributed by atoms with Gasteiger partial charge >= 0.3 is 0 Å². The lowest BCUT2D eigenvalue weighted by Crippen LogP contribution is -2.04. The van der Waals surface area contributed by atoms with Crippen molar-refractivity contribution in [2.24, 2.45) is 0 Å². The maximum absolute atomic E-state index is 5.81. The number of ether oxygens (including phenoxy) is 1. The fourth-order valence-electron chi connectivity index (χ4n) is 1.80. The van der Waals surface area contributed by atoms with Gasteiger partial charge < -0.3 is 4.74 Å². The van der Waals surface area contributed by atoms with E-state index in [1.807, 2.05) is 24.3 Å². The summed E-state index contributed by atoms with van der Waals surface area (Å²) in [4.78, 5) is 0. The topological polar surface area (TPSA) is 9.23 Å². The molecular formula is C11H12BClO. The molecule has 72 valence electrons. The number of hydrogen-bond acceptors (Lipinski definition) is 1. The van der Waals surface area contributed by atoms with Gasteiger partial charge in [0.1, 0.15) is 0 Å². The molecule has 1 aromatic rings. The van der Waals surface area contributed by atoms with E-state index in [9.17, 15) is 0 Å². The van der Waals surface area contributed by atoms with Crippen molar-refractivity contribution in [3.8, 4) is 0 Å². The minimum absolute atomic E-state index is 0.209. The summed E-state index contributed by atoms with van der Waals surface area (Å²) in [5.74, 6) is 0. The van der Waals surface area contributed by atoms with Crippen LogP contribution in [0.4, 0.5) is 0 Å². The third-order valence-electron chi connectivity index (χ3n) is 2.61. The van der Waals surface area contributed by atoms with Gasteiger partial charge in [-0.05, 0) is 30.5 Å². The monoisotopic (exact) mass is 206 g/mol. The molecule has 2 atom stereocenters. The van der Waals surface area contributed by atoms with Crippen LogP contribution in [0.2, 0.25) is 11.3 Å². The standard InChI is InChI=1S/C11H12BClO/c12-7-10-5-6-11(14-10)8-1-3-9(13)4-2-8/h1-4,10-11H,5-7H2. The van der Waals surface area contributed by atoms with Gasteiger partial charge in [-0.2, -0.15) is 0 Å². The lowest BCUT2D eigenvalue weighted by Gasteiger charge is -2.12. The van der Waals surface area contributed by atoms with Crippen molar-refractivity contribution in [3.05, 3.63) is 34.9 Å². The van der Waals surface area contributed by atoms with Crippen LogP contribution in [0.1, 0.15) is 24.5 Å². The van der Waals surface area contributed by atoms with Gasteiger partial charge in [-0.25, -0.2) is 0 Å². The van der Waals surface area contributed by atoms with E-state index in [0.717, 1.165) is 17.9 Å². The Kier molecular flexibility index (Phi) is 3.14. The fraction of sp³-hybridized carbons (Fsp3) is 0.455. The molecule has 0 bridgehead atoms. The van der Waals surface area contributed by atoms with Gasteiger partial charge in [-0.1, -0.05) is 30.1 Å². The molecule has 2 radical (unpaired) electrons. The molecule has 14 heavy (non-hydrogen) atoms. The summed E-state index contributed by atoms with van der Waals surface area (Å²) < 4.78 is 5.77. The van der Waals surface area contributed by atoms with Crippen molar-refractivity contribution in [2.75, 3.05) is 0 Å². The maximum atomic E-state index is 5.81. The van der Waals surface area contributed by atoms with Crippen LogP contribution < -0.4 is 0 Å². The predicted octanol–water partition coefficient (Wildman–Crippen LogP) is 3.15. The molecule has 2 unspecified atom stereocenters. The van der Waals surface area contributed by atoms with Crippen molar-refractivity contribution in [1.82, 2.24) is 0 Å². The zero-order chi connectivity index (χ0) is 9.97. The quantitative estimate of drug-likeness (QED) is 0.676. The molecule has 2 rings (SSSR count). The fourth-order valence-corrected chi connectivity index (χ4v) is 1.93. The van der Waals surface area contributed by atoms with Crippen LogP contribution in [-0.4, -0.2) is 14.0 Å². The van der Waals surface area contributed by atoms with Gasteiger partial charge in [-0.3, -0.25) is 0 Å². The molecule has 1 aromatic carbocycles. The third kappa shape index (κ3) is 2.13. The van der Waals surface area contributed by atoms with Crippen molar-refractivity contribution >= 4 is 19.4 Å². The van der Waals surface area contributed by atoms with Crippen molar-refractivity contribution in [3.63, 3.8) is 0 Å². The maximum Gasteiger partial charge on any atom is 0.0829 e. The van der Waals surface area contributed by atoms with E-state index < -0.39 is 0 Å². The molecule has 1 aliphatic heterocycles. The van der Waals surface area contributed by atoms with E-state index in [-0.39, 0.29) is 12.2 Å². The first kappa shape index (κ1) is 10.1. The minimum Gasteiger partial charge on any atom is -0.371 e. The molecule has 0 aliphatic carbocycles. The Balaban J connectivity index is 2.06. The van der Waals surface area contributed by atoms with Crippen molar-refractivity contribution < 1.29 is 4.74 Å². The summed E-state index contributed by atoms with van der Waals surface area (Å²) in [5, 5.41) is 0.766. The lowest BCUT2D eigenvalue weighted by atomic mass is 9.97. The Morgan fingerprint density at radius 1 is 1.29 bits per heavy atom. The predicted molar refractivity (Wildman–Crippen MR) is 58.9 cm³/mol. The van der Waals surface area contributed by atoms with Crippen LogP contribution in [0.3, 0.4) is 0 Å². The average Bonchev–Trinajstić information content (AvgIpc) is 2.67. The summed E-state index contributed by atoms with van der Waals surface area (Å²) in [6.45, 7) is 0. The first-order valence-electron chi connectivity index (χ1n) is 4.90. The molecule has 1 saturated heterocycles. The Labute approximate surface area is 90.8 Å². The van der Waals surface area contributed by atoms with Gasteiger partial charge in [0.15, 0.2) is 0 Å².